The minimum Gasteiger partial charge on any atom is -0.354 e. The average Bonchev–Trinajstić information content (AvgIpc) is 2.92. The summed E-state index contributed by atoms with van der Waals surface area (Å²) in [5.41, 5.74) is 0.770. The van der Waals surface area contributed by atoms with Gasteiger partial charge >= 0.3 is 0 Å². The van der Waals surface area contributed by atoms with E-state index >= 15 is 0 Å². The summed E-state index contributed by atoms with van der Waals surface area (Å²) in [5.74, 6) is -0.953. The van der Waals surface area contributed by atoms with Crippen molar-refractivity contribution in [1.29, 1.82) is 0 Å². The Balaban J connectivity index is 2.01. The molecule has 0 aliphatic rings. The Bertz CT molecular complexity index is 1400. The largest absolute Gasteiger partial charge is 0.354 e. The first-order chi connectivity index (χ1) is 18.6. The van der Waals surface area contributed by atoms with Gasteiger partial charge in [0.15, 0.2) is 0 Å². The first kappa shape index (κ1) is 30.8. The molecule has 1 atom stereocenters. The normalized spacial score (nSPS) is 12.0. The number of benzene rings is 3. The monoisotopic (exact) mass is 609 g/mol. The Kier molecular flexibility index (Phi) is 11.1. The van der Waals surface area contributed by atoms with Gasteiger partial charge in [0.2, 0.25) is 11.8 Å². The summed E-state index contributed by atoms with van der Waals surface area (Å²) in [6.07, 6.45) is 1.68. The molecule has 0 bridgehead atoms. The lowest BCUT2D eigenvalue weighted by atomic mass is 10.1. The molecule has 0 saturated carbocycles. The van der Waals surface area contributed by atoms with Gasteiger partial charge in [-0.1, -0.05) is 84.5 Å². The van der Waals surface area contributed by atoms with Crippen LogP contribution in [0.3, 0.4) is 0 Å². The zero-order valence-corrected chi connectivity index (χ0v) is 24.7. The minimum absolute atomic E-state index is 0.000166. The number of hydrogen-bond acceptors (Lipinski definition) is 4. The topological polar surface area (TPSA) is 86.8 Å². The number of anilines is 1. The van der Waals surface area contributed by atoms with Crippen molar-refractivity contribution >= 4 is 62.3 Å². The Morgan fingerprint density at radius 1 is 0.897 bits per heavy atom. The van der Waals surface area contributed by atoms with Gasteiger partial charge in [-0.25, -0.2) is 8.42 Å². The Hall–Kier alpha value is -2.78. The van der Waals surface area contributed by atoms with E-state index in [-0.39, 0.29) is 28.1 Å². The maximum absolute atomic E-state index is 13.9. The third-order valence-electron chi connectivity index (χ3n) is 6.07. The van der Waals surface area contributed by atoms with E-state index in [9.17, 15) is 18.0 Å². The van der Waals surface area contributed by atoms with Crippen molar-refractivity contribution in [3.05, 3.63) is 93.4 Å². The van der Waals surface area contributed by atoms with Crippen LogP contribution in [0.1, 0.15) is 32.3 Å². The molecule has 0 fully saturated rings. The van der Waals surface area contributed by atoms with Crippen LogP contribution in [0.4, 0.5) is 5.69 Å². The third-order valence-corrected chi connectivity index (χ3v) is 8.90. The molecule has 0 aliphatic carbocycles. The molecule has 0 aliphatic heterocycles. The fourth-order valence-corrected chi connectivity index (χ4v) is 5.90. The van der Waals surface area contributed by atoms with Gasteiger partial charge < -0.3 is 10.2 Å². The summed E-state index contributed by atoms with van der Waals surface area (Å²) in [6, 6.07) is 18.2. The van der Waals surface area contributed by atoms with E-state index < -0.39 is 28.5 Å². The number of halogens is 3. The Labute approximate surface area is 244 Å². The molecule has 11 heteroatoms. The second-order valence-corrected chi connectivity index (χ2v) is 12.0. The molecule has 1 N–H and O–H groups in total. The van der Waals surface area contributed by atoms with Crippen LogP contribution in [-0.2, 0) is 26.2 Å². The number of unbranched alkanes of at least 4 members (excludes halogenated alkanes) is 1. The molecule has 0 radical (unpaired) electrons. The summed E-state index contributed by atoms with van der Waals surface area (Å²) in [6.45, 7) is 3.48. The van der Waals surface area contributed by atoms with Gasteiger partial charge in [0, 0.05) is 13.1 Å². The predicted molar refractivity (Wildman–Crippen MR) is 157 cm³/mol. The van der Waals surface area contributed by atoms with Crippen LogP contribution in [0.2, 0.25) is 15.1 Å². The van der Waals surface area contributed by atoms with Crippen molar-refractivity contribution in [2.24, 2.45) is 0 Å². The maximum Gasteiger partial charge on any atom is 0.264 e. The summed E-state index contributed by atoms with van der Waals surface area (Å²) < 4.78 is 28.5. The number of nitrogens with one attached hydrogen (secondary N) is 1. The highest BCUT2D eigenvalue weighted by atomic mass is 35.5. The molecule has 0 saturated heterocycles. The quantitative estimate of drug-likeness (QED) is 0.248. The third kappa shape index (κ3) is 7.88. The number of carbonyl (C=O) groups is 2. The molecule has 2 amide bonds. The SMILES string of the molecule is CCCCNC(=O)C(C)N(Cc1ccc(Cl)c(Cl)c1)C(=O)CN(c1ccccc1Cl)S(=O)(=O)c1ccccc1. The van der Waals surface area contributed by atoms with Crippen LogP contribution < -0.4 is 9.62 Å². The molecule has 208 valence electrons. The molecular formula is C28H30Cl3N3O4S. The number of carbonyl (C=O) groups excluding carboxylic acids is 2. The summed E-state index contributed by atoms with van der Waals surface area (Å²) in [4.78, 5) is 28.2. The summed E-state index contributed by atoms with van der Waals surface area (Å²) in [5, 5.41) is 3.65. The van der Waals surface area contributed by atoms with E-state index in [1.807, 2.05) is 6.92 Å². The van der Waals surface area contributed by atoms with E-state index in [0.29, 0.717) is 22.2 Å². The van der Waals surface area contributed by atoms with Crippen LogP contribution in [0.5, 0.6) is 0 Å². The van der Waals surface area contributed by atoms with Crippen LogP contribution >= 0.6 is 34.8 Å². The first-order valence-corrected chi connectivity index (χ1v) is 15.0. The highest BCUT2D eigenvalue weighted by Crippen LogP contribution is 2.31. The van der Waals surface area contributed by atoms with Gasteiger partial charge in [0.25, 0.3) is 10.0 Å². The number of amides is 2. The lowest BCUT2D eigenvalue weighted by Crippen LogP contribution is -2.51. The molecular weight excluding hydrogens is 581 g/mol. The van der Waals surface area contributed by atoms with Crippen LogP contribution in [0, 0.1) is 0 Å². The molecule has 0 heterocycles. The molecule has 3 rings (SSSR count). The van der Waals surface area contributed by atoms with E-state index in [2.05, 4.69) is 5.32 Å². The molecule has 0 aromatic heterocycles. The van der Waals surface area contributed by atoms with Crippen molar-refractivity contribution in [2.75, 3.05) is 17.4 Å². The van der Waals surface area contributed by atoms with E-state index in [1.54, 1.807) is 61.5 Å². The molecule has 3 aromatic rings. The van der Waals surface area contributed by atoms with Crippen LogP contribution in [0.25, 0.3) is 0 Å². The highest BCUT2D eigenvalue weighted by molar-refractivity contribution is 7.92. The van der Waals surface area contributed by atoms with Crippen molar-refractivity contribution in [3.8, 4) is 0 Å². The second-order valence-electron chi connectivity index (χ2n) is 8.87. The summed E-state index contributed by atoms with van der Waals surface area (Å²) >= 11 is 18.7. The summed E-state index contributed by atoms with van der Waals surface area (Å²) in [7, 11) is -4.19. The van der Waals surface area contributed by atoms with Gasteiger partial charge in [-0.3, -0.25) is 13.9 Å². The van der Waals surface area contributed by atoms with Crippen molar-refractivity contribution < 1.29 is 18.0 Å². The van der Waals surface area contributed by atoms with Gasteiger partial charge in [0.1, 0.15) is 12.6 Å². The molecule has 3 aromatic carbocycles. The number of para-hydroxylation sites is 1. The standard InChI is InChI=1S/C28H30Cl3N3O4S/c1-3-4-16-32-28(36)20(2)33(18-21-14-15-23(29)25(31)17-21)27(35)19-34(26-13-9-8-12-24(26)30)39(37,38)22-10-6-5-7-11-22/h5-15,17,20H,3-4,16,18-19H2,1-2H3,(H,32,36). The molecule has 39 heavy (non-hydrogen) atoms. The van der Waals surface area contributed by atoms with Gasteiger partial charge in [-0.05, 0) is 55.3 Å². The van der Waals surface area contributed by atoms with Crippen molar-refractivity contribution in [1.82, 2.24) is 10.2 Å². The molecule has 1 unspecified atom stereocenters. The molecule has 7 nitrogen and oxygen atoms in total. The van der Waals surface area contributed by atoms with Gasteiger partial charge in [-0.15, -0.1) is 0 Å². The first-order valence-electron chi connectivity index (χ1n) is 12.4. The van der Waals surface area contributed by atoms with Gasteiger partial charge in [-0.2, -0.15) is 0 Å². The molecule has 0 spiro atoms. The van der Waals surface area contributed by atoms with Crippen LogP contribution in [0.15, 0.2) is 77.7 Å². The van der Waals surface area contributed by atoms with Crippen LogP contribution in [-0.4, -0.2) is 44.3 Å². The Morgan fingerprint density at radius 3 is 2.21 bits per heavy atom. The smallest absolute Gasteiger partial charge is 0.264 e. The van der Waals surface area contributed by atoms with Crippen molar-refractivity contribution in [2.45, 2.75) is 44.2 Å². The zero-order valence-electron chi connectivity index (χ0n) is 21.6. The number of hydrogen-bond donors (Lipinski definition) is 1. The Morgan fingerprint density at radius 2 is 1.56 bits per heavy atom. The lowest BCUT2D eigenvalue weighted by molar-refractivity contribution is -0.139. The second kappa shape index (κ2) is 14.0. The zero-order chi connectivity index (χ0) is 28.6. The van der Waals surface area contributed by atoms with Crippen molar-refractivity contribution in [3.63, 3.8) is 0 Å². The maximum atomic E-state index is 13.9. The fourth-order valence-electron chi connectivity index (χ4n) is 3.84. The van der Waals surface area contributed by atoms with E-state index in [0.717, 1.165) is 17.1 Å². The van der Waals surface area contributed by atoms with Gasteiger partial charge in [0.05, 0.1) is 25.7 Å². The number of rotatable bonds is 12. The number of nitrogens with zero attached hydrogens (tertiary/aromatic N) is 2. The minimum atomic E-state index is -4.19. The van der Waals surface area contributed by atoms with E-state index in [4.69, 9.17) is 34.8 Å². The fraction of sp³-hybridized carbons (Fsp3) is 0.286. The predicted octanol–water partition coefficient (Wildman–Crippen LogP) is 6.18. The number of sulfonamides is 1. The van der Waals surface area contributed by atoms with E-state index in [1.165, 1.54) is 23.1 Å². The lowest BCUT2D eigenvalue weighted by Gasteiger charge is -2.32. The highest BCUT2D eigenvalue weighted by Gasteiger charge is 2.33. The average molecular weight is 611 g/mol.